The van der Waals surface area contributed by atoms with Crippen molar-refractivity contribution in [2.45, 2.75) is 18.5 Å². The first kappa shape index (κ1) is 13.2. The largest absolute Gasteiger partial charge is 0.481 e. The number of thioether (sulfide) groups is 1. The highest BCUT2D eigenvalue weighted by molar-refractivity contribution is 7.99. The van der Waals surface area contributed by atoms with Crippen LogP contribution < -0.4 is 10.6 Å². The summed E-state index contributed by atoms with van der Waals surface area (Å²) in [5, 5.41) is 14.4. The van der Waals surface area contributed by atoms with E-state index in [1.54, 1.807) is 11.8 Å². The number of rotatable bonds is 3. The molecule has 7 nitrogen and oxygen atoms in total. The lowest BCUT2D eigenvalue weighted by molar-refractivity contribution is -0.149. The average molecular weight is 273 g/mol. The highest BCUT2D eigenvalue weighted by Crippen LogP contribution is 2.16. The Labute approximate surface area is 108 Å². The molecular formula is C10H15N3O4S. The molecule has 0 aliphatic carbocycles. The first-order valence-electron chi connectivity index (χ1n) is 5.70. The Balaban J connectivity index is 2.09. The molecule has 0 saturated carbocycles. The van der Waals surface area contributed by atoms with Crippen molar-refractivity contribution in [3.63, 3.8) is 0 Å². The van der Waals surface area contributed by atoms with Crippen LogP contribution in [-0.2, 0) is 14.4 Å². The van der Waals surface area contributed by atoms with E-state index in [1.807, 2.05) is 0 Å². The Morgan fingerprint density at radius 2 is 2.28 bits per heavy atom. The van der Waals surface area contributed by atoms with E-state index in [9.17, 15) is 14.4 Å². The molecule has 3 N–H and O–H groups in total. The number of hydrogen-bond acceptors (Lipinski definition) is 5. The predicted octanol–water partition coefficient (Wildman–Crippen LogP) is -1.55. The number of hydrogen-bond donors (Lipinski definition) is 3. The number of aliphatic carboxylic acids is 1. The summed E-state index contributed by atoms with van der Waals surface area (Å²) in [5.41, 5.74) is 0. The summed E-state index contributed by atoms with van der Waals surface area (Å²) in [6, 6.07) is -1.20. The molecule has 2 rings (SSSR count). The number of carbonyl (C=O) groups excluding carboxylic acids is 2. The smallest absolute Gasteiger partial charge is 0.305 e. The molecule has 0 aromatic heterocycles. The van der Waals surface area contributed by atoms with Crippen molar-refractivity contribution in [1.82, 2.24) is 15.5 Å². The van der Waals surface area contributed by atoms with Crippen LogP contribution in [0.1, 0.15) is 6.42 Å². The van der Waals surface area contributed by atoms with Gasteiger partial charge in [0.05, 0.1) is 12.5 Å². The summed E-state index contributed by atoms with van der Waals surface area (Å²) < 4.78 is 0. The van der Waals surface area contributed by atoms with Crippen LogP contribution in [0.4, 0.5) is 0 Å². The van der Waals surface area contributed by atoms with Gasteiger partial charge in [0, 0.05) is 24.7 Å². The van der Waals surface area contributed by atoms with Gasteiger partial charge in [-0.2, -0.15) is 0 Å². The second-order valence-electron chi connectivity index (χ2n) is 4.21. The van der Waals surface area contributed by atoms with Gasteiger partial charge in [-0.15, -0.1) is 11.8 Å². The summed E-state index contributed by atoms with van der Waals surface area (Å²) in [4.78, 5) is 36.0. The predicted molar refractivity (Wildman–Crippen MR) is 65.0 cm³/mol. The lowest BCUT2D eigenvalue weighted by Gasteiger charge is -2.35. The van der Waals surface area contributed by atoms with Gasteiger partial charge in [-0.3, -0.25) is 19.7 Å². The van der Waals surface area contributed by atoms with Gasteiger partial charge in [0.15, 0.2) is 0 Å². The molecule has 2 amide bonds. The minimum Gasteiger partial charge on any atom is -0.481 e. The fourth-order valence-corrected chi connectivity index (χ4v) is 3.03. The maximum absolute atomic E-state index is 12.2. The van der Waals surface area contributed by atoms with Gasteiger partial charge in [-0.1, -0.05) is 0 Å². The van der Waals surface area contributed by atoms with Gasteiger partial charge < -0.3 is 15.3 Å². The number of carboxylic acids is 1. The molecular weight excluding hydrogens is 258 g/mol. The molecule has 100 valence electrons. The first-order chi connectivity index (χ1) is 8.59. The Bertz CT molecular complexity index is 370. The van der Waals surface area contributed by atoms with E-state index in [0.29, 0.717) is 24.7 Å². The Hall–Kier alpha value is -1.28. The Kier molecular flexibility index (Phi) is 4.07. The molecule has 2 atom stereocenters. The highest BCUT2D eigenvalue weighted by Gasteiger charge is 2.38. The van der Waals surface area contributed by atoms with Crippen molar-refractivity contribution in [2.24, 2.45) is 0 Å². The fraction of sp³-hybridized carbons (Fsp3) is 0.700. The van der Waals surface area contributed by atoms with E-state index in [1.165, 1.54) is 4.90 Å². The van der Waals surface area contributed by atoms with Gasteiger partial charge in [0.1, 0.15) is 6.04 Å². The maximum atomic E-state index is 12.2. The van der Waals surface area contributed by atoms with E-state index in [2.05, 4.69) is 10.6 Å². The van der Waals surface area contributed by atoms with Crippen molar-refractivity contribution in [1.29, 1.82) is 0 Å². The summed E-state index contributed by atoms with van der Waals surface area (Å²) in [5.74, 6) is -0.274. The Morgan fingerprint density at radius 1 is 1.50 bits per heavy atom. The monoisotopic (exact) mass is 273 g/mol. The number of nitrogens with one attached hydrogen (secondary N) is 2. The zero-order valence-corrected chi connectivity index (χ0v) is 10.5. The van der Waals surface area contributed by atoms with Crippen LogP contribution in [0.25, 0.3) is 0 Å². The number of piperazine rings is 1. The van der Waals surface area contributed by atoms with E-state index in [-0.39, 0.29) is 24.3 Å². The molecule has 0 aromatic rings. The van der Waals surface area contributed by atoms with E-state index >= 15 is 0 Å². The minimum absolute atomic E-state index is 0.180. The number of carbonyl (C=O) groups is 3. The highest BCUT2D eigenvalue weighted by atomic mass is 32.2. The van der Waals surface area contributed by atoms with Crippen LogP contribution in [0.3, 0.4) is 0 Å². The van der Waals surface area contributed by atoms with Gasteiger partial charge in [-0.05, 0) is 0 Å². The maximum Gasteiger partial charge on any atom is 0.305 e. The minimum atomic E-state index is -1.08. The van der Waals surface area contributed by atoms with E-state index in [0.717, 1.165) is 0 Å². The fourth-order valence-electron chi connectivity index (χ4n) is 2.10. The summed E-state index contributed by atoms with van der Waals surface area (Å²) in [7, 11) is 0. The normalized spacial score (nSPS) is 28.0. The molecule has 0 radical (unpaired) electrons. The van der Waals surface area contributed by atoms with Gasteiger partial charge in [-0.25, -0.2) is 0 Å². The molecule has 0 spiro atoms. The van der Waals surface area contributed by atoms with Crippen LogP contribution in [-0.4, -0.2) is 64.6 Å². The van der Waals surface area contributed by atoms with Crippen LogP contribution in [0.2, 0.25) is 0 Å². The van der Waals surface area contributed by atoms with Crippen molar-refractivity contribution in [3.05, 3.63) is 0 Å². The molecule has 2 aliphatic heterocycles. The van der Waals surface area contributed by atoms with Crippen LogP contribution >= 0.6 is 11.8 Å². The lowest BCUT2D eigenvalue weighted by atomic mass is 10.1. The van der Waals surface area contributed by atoms with Gasteiger partial charge in [0.2, 0.25) is 11.8 Å². The number of amides is 2. The summed E-state index contributed by atoms with van der Waals surface area (Å²) in [6.45, 7) is 0.742. The second kappa shape index (κ2) is 5.57. The molecule has 2 heterocycles. The zero-order valence-electron chi connectivity index (χ0n) is 9.72. The number of nitrogens with zero attached hydrogens (tertiary/aromatic N) is 1. The van der Waals surface area contributed by atoms with Crippen molar-refractivity contribution < 1.29 is 19.5 Å². The molecule has 2 aliphatic rings. The molecule has 0 bridgehead atoms. The zero-order chi connectivity index (χ0) is 13.1. The van der Waals surface area contributed by atoms with Gasteiger partial charge >= 0.3 is 5.97 Å². The molecule has 0 aromatic carbocycles. The standard InChI is InChI=1S/C10H15N3O4S/c14-8(15)3-7-9(16)11-1-2-13(7)10(17)6-4-18-5-12-6/h6-7,12H,1-5H2,(H,11,16)(H,14,15). The Morgan fingerprint density at radius 3 is 2.89 bits per heavy atom. The molecule has 18 heavy (non-hydrogen) atoms. The van der Waals surface area contributed by atoms with E-state index in [4.69, 9.17) is 5.11 Å². The van der Waals surface area contributed by atoms with Crippen molar-refractivity contribution in [3.8, 4) is 0 Å². The number of carboxylic acid groups (broad SMARTS) is 1. The van der Waals surface area contributed by atoms with Crippen LogP contribution in [0.15, 0.2) is 0 Å². The molecule has 2 fully saturated rings. The molecule has 2 saturated heterocycles. The quantitative estimate of drug-likeness (QED) is 0.576. The third-order valence-electron chi connectivity index (χ3n) is 3.00. The SMILES string of the molecule is O=C(O)CC1C(=O)NCCN1C(=O)C1CSCN1. The van der Waals surface area contributed by atoms with E-state index < -0.39 is 12.0 Å². The first-order valence-corrected chi connectivity index (χ1v) is 6.86. The summed E-state index contributed by atoms with van der Waals surface area (Å²) >= 11 is 1.61. The van der Waals surface area contributed by atoms with Gasteiger partial charge in [0.25, 0.3) is 0 Å². The second-order valence-corrected chi connectivity index (χ2v) is 5.24. The topological polar surface area (TPSA) is 98.7 Å². The van der Waals surface area contributed by atoms with Crippen LogP contribution in [0.5, 0.6) is 0 Å². The third-order valence-corrected chi connectivity index (χ3v) is 3.94. The third kappa shape index (κ3) is 2.75. The molecule has 8 heteroatoms. The lowest BCUT2D eigenvalue weighted by Crippen LogP contribution is -2.60. The van der Waals surface area contributed by atoms with Crippen LogP contribution in [0, 0.1) is 0 Å². The van der Waals surface area contributed by atoms with Crippen molar-refractivity contribution in [2.75, 3.05) is 24.7 Å². The molecule has 2 unspecified atom stereocenters. The average Bonchev–Trinajstić information content (AvgIpc) is 2.84. The van der Waals surface area contributed by atoms with Crippen molar-refractivity contribution >= 4 is 29.5 Å². The summed E-state index contributed by atoms with van der Waals surface area (Å²) in [6.07, 6.45) is -0.350.